The molecule has 1 atom stereocenters. The third-order valence-electron chi connectivity index (χ3n) is 4.03. The molecule has 1 unspecified atom stereocenters. The minimum atomic E-state index is -0.725. The Labute approximate surface area is 140 Å². The first-order valence-electron chi connectivity index (χ1n) is 7.74. The molecule has 124 valence electrons. The van der Waals surface area contributed by atoms with Gasteiger partial charge in [-0.15, -0.1) is 0 Å². The van der Waals surface area contributed by atoms with Crippen molar-refractivity contribution in [3.8, 4) is 5.75 Å². The molecule has 1 aliphatic heterocycles. The van der Waals surface area contributed by atoms with E-state index in [1.807, 2.05) is 39.8 Å². The fraction of sp³-hybridized carbons (Fsp3) is 0.529. The molecule has 1 aromatic carbocycles. The van der Waals surface area contributed by atoms with Gasteiger partial charge in [-0.1, -0.05) is 16.8 Å². The smallest absolute Gasteiger partial charge is 0.270 e. The van der Waals surface area contributed by atoms with Gasteiger partial charge < -0.3 is 14.0 Å². The molecule has 0 saturated carbocycles. The second kappa shape index (κ2) is 6.13. The number of aryl methyl sites for hydroxylation is 2. The van der Waals surface area contributed by atoms with Crippen LogP contribution >= 0.6 is 11.6 Å². The molecule has 0 amide bonds. The number of halogens is 1. The third-order valence-corrected chi connectivity index (χ3v) is 4.63. The van der Waals surface area contributed by atoms with Crippen LogP contribution in [-0.4, -0.2) is 23.4 Å². The third kappa shape index (κ3) is 3.35. The number of rotatable bonds is 4. The average Bonchev–Trinajstić information content (AvgIpc) is 3.14. The van der Waals surface area contributed by atoms with Crippen molar-refractivity contribution in [1.29, 1.82) is 0 Å². The zero-order valence-electron chi connectivity index (χ0n) is 13.9. The lowest BCUT2D eigenvalue weighted by Crippen LogP contribution is -2.26. The Kier molecular flexibility index (Phi) is 4.34. The predicted molar refractivity (Wildman–Crippen MR) is 87.1 cm³/mol. The summed E-state index contributed by atoms with van der Waals surface area (Å²) in [6, 6.07) is 3.83. The Morgan fingerprint density at radius 2 is 1.96 bits per heavy atom. The summed E-state index contributed by atoms with van der Waals surface area (Å²) in [5.74, 6) is 2.10. The topological polar surface area (TPSA) is 57.4 Å². The van der Waals surface area contributed by atoms with Crippen LogP contribution in [0.2, 0.25) is 5.02 Å². The van der Waals surface area contributed by atoms with Crippen LogP contribution < -0.4 is 4.74 Å². The normalized spacial score (nSPS) is 18.4. The maximum atomic E-state index is 6.21. The van der Waals surface area contributed by atoms with Gasteiger partial charge in [-0.25, -0.2) is 0 Å². The standard InChI is InChI=1S/C17H21ClN2O3/c1-10-7-13(8-11(2)14(10)18)22-17(3,4)16-19-15(20-23-16)12-5-6-21-9-12/h7-8,12H,5-6,9H2,1-4H3. The molecule has 1 aromatic heterocycles. The molecule has 2 aromatic rings. The molecule has 2 heterocycles. The molecule has 0 spiro atoms. The van der Waals surface area contributed by atoms with E-state index >= 15 is 0 Å². The molecule has 0 radical (unpaired) electrons. The van der Waals surface area contributed by atoms with Crippen LogP contribution in [0.5, 0.6) is 5.75 Å². The van der Waals surface area contributed by atoms with Crippen LogP contribution in [0.4, 0.5) is 0 Å². The minimum absolute atomic E-state index is 0.211. The first kappa shape index (κ1) is 16.3. The SMILES string of the molecule is Cc1cc(OC(C)(C)c2nc(C3CCOC3)no2)cc(C)c1Cl. The first-order valence-corrected chi connectivity index (χ1v) is 8.12. The summed E-state index contributed by atoms with van der Waals surface area (Å²) in [5, 5.41) is 4.85. The molecule has 6 heteroatoms. The van der Waals surface area contributed by atoms with Gasteiger partial charge in [0.25, 0.3) is 5.89 Å². The summed E-state index contributed by atoms with van der Waals surface area (Å²) in [4.78, 5) is 4.51. The van der Waals surface area contributed by atoms with E-state index in [2.05, 4.69) is 10.1 Å². The Morgan fingerprint density at radius 1 is 1.26 bits per heavy atom. The van der Waals surface area contributed by atoms with E-state index in [1.54, 1.807) is 0 Å². The van der Waals surface area contributed by atoms with Crippen molar-refractivity contribution in [3.63, 3.8) is 0 Å². The highest BCUT2D eigenvalue weighted by Crippen LogP contribution is 2.32. The van der Waals surface area contributed by atoms with Gasteiger partial charge in [0.1, 0.15) is 5.75 Å². The van der Waals surface area contributed by atoms with Crippen molar-refractivity contribution >= 4 is 11.6 Å². The Morgan fingerprint density at radius 3 is 2.57 bits per heavy atom. The van der Waals surface area contributed by atoms with Crippen molar-refractivity contribution in [2.45, 2.75) is 45.6 Å². The van der Waals surface area contributed by atoms with Gasteiger partial charge in [0.05, 0.1) is 6.61 Å². The van der Waals surface area contributed by atoms with E-state index in [-0.39, 0.29) is 5.92 Å². The molecule has 0 N–H and O–H groups in total. The summed E-state index contributed by atoms with van der Waals surface area (Å²) in [6.45, 7) is 9.14. The Bertz CT molecular complexity index is 683. The minimum Gasteiger partial charge on any atom is -0.478 e. The second-order valence-corrected chi connectivity index (χ2v) is 6.88. The summed E-state index contributed by atoms with van der Waals surface area (Å²) in [5.41, 5.74) is 1.23. The van der Waals surface area contributed by atoms with Gasteiger partial charge in [-0.2, -0.15) is 4.98 Å². The highest BCUT2D eigenvalue weighted by atomic mass is 35.5. The van der Waals surface area contributed by atoms with Crippen LogP contribution in [0.15, 0.2) is 16.7 Å². The van der Waals surface area contributed by atoms with Crippen molar-refractivity contribution < 1.29 is 14.0 Å². The summed E-state index contributed by atoms with van der Waals surface area (Å²) >= 11 is 6.21. The second-order valence-electron chi connectivity index (χ2n) is 6.50. The van der Waals surface area contributed by atoms with Crippen molar-refractivity contribution in [3.05, 3.63) is 40.0 Å². The van der Waals surface area contributed by atoms with Crippen LogP contribution in [0.3, 0.4) is 0 Å². The zero-order valence-corrected chi connectivity index (χ0v) is 14.6. The molecule has 1 saturated heterocycles. The summed E-state index contributed by atoms with van der Waals surface area (Å²) in [6.07, 6.45) is 0.926. The van der Waals surface area contributed by atoms with Crippen LogP contribution in [0.25, 0.3) is 0 Å². The number of aromatic nitrogens is 2. The molecular weight excluding hydrogens is 316 g/mol. The molecular formula is C17H21ClN2O3. The van der Waals surface area contributed by atoms with Gasteiger partial charge in [0.2, 0.25) is 0 Å². The number of hydrogen-bond acceptors (Lipinski definition) is 5. The zero-order chi connectivity index (χ0) is 16.6. The van der Waals surface area contributed by atoms with Crippen LogP contribution in [-0.2, 0) is 10.3 Å². The van der Waals surface area contributed by atoms with E-state index < -0.39 is 5.60 Å². The van der Waals surface area contributed by atoms with Gasteiger partial charge >= 0.3 is 0 Å². The molecule has 1 fully saturated rings. The van der Waals surface area contributed by atoms with E-state index in [0.717, 1.165) is 34.9 Å². The largest absolute Gasteiger partial charge is 0.478 e. The lowest BCUT2D eigenvalue weighted by Gasteiger charge is -2.23. The van der Waals surface area contributed by atoms with Crippen LogP contribution in [0, 0.1) is 13.8 Å². The quantitative estimate of drug-likeness (QED) is 0.839. The number of benzene rings is 1. The predicted octanol–water partition coefficient (Wildman–Crippen LogP) is 4.16. The Balaban J connectivity index is 1.81. The number of hydrogen-bond donors (Lipinski definition) is 0. The fourth-order valence-corrected chi connectivity index (χ4v) is 2.80. The lowest BCUT2D eigenvalue weighted by atomic mass is 10.1. The molecule has 3 rings (SSSR count). The van der Waals surface area contributed by atoms with E-state index in [4.69, 9.17) is 25.6 Å². The van der Waals surface area contributed by atoms with Gasteiger partial charge in [-0.05, 0) is 57.4 Å². The molecule has 5 nitrogen and oxygen atoms in total. The van der Waals surface area contributed by atoms with E-state index in [9.17, 15) is 0 Å². The maximum absolute atomic E-state index is 6.21. The molecule has 23 heavy (non-hydrogen) atoms. The average molecular weight is 337 g/mol. The number of ether oxygens (including phenoxy) is 2. The van der Waals surface area contributed by atoms with E-state index in [1.165, 1.54) is 0 Å². The molecule has 1 aliphatic rings. The van der Waals surface area contributed by atoms with Crippen molar-refractivity contribution in [1.82, 2.24) is 10.1 Å². The lowest BCUT2D eigenvalue weighted by molar-refractivity contribution is 0.0691. The summed E-state index contributed by atoms with van der Waals surface area (Å²) in [7, 11) is 0. The monoisotopic (exact) mass is 336 g/mol. The first-order chi connectivity index (χ1) is 10.9. The van der Waals surface area contributed by atoms with E-state index in [0.29, 0.717) is 18.3 Å². The van der Waals surface area contributed by atoms with Crippen LogP contribution in [0.1, 0.15) is 49.0 Å². The Hall–Kier alpha value is -1.59. The fourth-order valence-electron chi connectivity index (χ4n) is 2.69. The highest BCUT2D eigenvalue weighted by Gasteiger charge is 2.32. The van der Waals surface area contributed by atoms with Crippen molar-refractivity contribution in [2.75, 3.05) is 13.2 Å². The van der Waals surface area contributed by atoms with Crippen molar-refractivity contribution in [2.24, 2.45) is 0 Å². The highest BCUT2D eigenvalue weighted by molar-refractivity contribution is 6.32. The molecule has 0 bridgehead atoms. The van der Waals surface area contributed by atoms with Gasteiger partial charge in [-0.3, -0.25) is 0 Å². The number of nitrogens with zero attached hydrogens (tertiary/aromatic N) is 2. The maximum Gasteiger partial charge on any atom is 0.270 e. The van der Waals surface area contributed by atoms with Gasteiger partial charge in [0, 0.05) is 17.5 Å². The molecule has 0 aliphatic carbocycles. The van der Waals surface area contributed by atoms with Gasteiger partial charge in [0.15, 0.2) is 11.4 Å². The summed E-state index contributed by atoms with van der Waals surface area (Å²) < 4.78 is 16.9.